The van der Waals surface area contributed by atoms with Crippen LogP contribution in [0.15, 0.2) is 78.9 Å². The second kappa shape index (κ2) is 9.76. The van der Waals surface area contributed by atoms with Crippen LogP contribution in [0.4, 0.5) is 13.2 Å². The van der Waals surface area contributed by atoms with Gasteiger partial charge in [-0.2, -0.15) is 13.2 Å². The largest absolute Gasteiger partial charge is 0.467 e. The van der Waals surface area contributed by atoms with Crippen molar-refractivity contribution in [2.45, 2.75) is 24.7 Å². The predicted octanol–water partition coefficient (Wildman–Crippen LogP) is 4.95. The summed E-state index contributed by atoms with van der Waals surface area (Å²) in [4.78, 5) is 25.4. The van der Waals surface area contributed by atoms with E-state index in [4.69, 9.17) is 4.74 Å². The average molecular weight is 481 g/mol. The molecule has 35 heavy (non-hydrogen) atoms. The van der Waals surface area contributed by atoms with Crippen LogP contribution in [0.1, 0.15) is 22.8 Å². The fourth-order valence-corrected chi connectivity index (χ4v) is 4.12. The quantitative estimate of drug-likeness (QED) is 0.302. The maximum Gasteiger partial charge on any atom is 0.416 e. The van der Waals surface area contributed by atoms with Crippen molar-refractivity contribution in [3.8, 4) is 0 Å². The summed E-state index contributed by atoms with van der Waals surface area (Å²) in [5, 5.41) is 16.7. The maximum absolute atomic E-state index is 12.8. The molecule has 2 N–H and O–H groups in total. The van der Waals surface area contributed by atoms with E-state index >= 15 is 0 Å². The number of carbonyl (C=O) groups excluding carboxylic acids is 2. The predicted molar refractivity (Wildman–Crippen MR) is 126 cm³/mol. The van der Waals surface area contributed by atoms with Crippen molar-refractivity contribution in [2.75, 3.05) is 7.11 Å². The standard InChI is InChI=1S/C27H22F3NO4/c1-35-26(34)23(31-25(33)24(32)16-10-12-19(13-11-16)27(28,29)30)15-22-20-8-4-2-6-17(20)14-18-7-3-5-9-21(18)22/h2-14,23-24,32H,15H2,1H3,(H,31,33)/t23-,24+/m0/s1. The monoisotopic (exact) mass is 481 g/mol. The van der Waals surface area contributed by atoms with Gasteiger partial charge < -0.3 is 15.2 Å². The number of rotatable bonds is 6. The topological polar surface area (TPSA) is 75.6 Å². The Morgan fingerprint density at radius 1 is 0.914 bits per heavy atom. The van der Waals surface area contributed by atoms with Gasteiger partial charge in [0.25, 0.3) is 5.91 Å². The Morgan fingerprint density at radius 3 is 1.97 bits per heavy atom. The van der Waals surface area contributed by atoms with E-state index in [9.17, 15) is 27.9 Å². The van der Waals surface area contributed by atoms with E-state index in [0.29, 0.717) is 0 Å². The molecule has 8 heteroatoms. The third kappa shape index (κ3) is 5.12. The molecule has 0 aliphatic heterocycles. The number of methoxy groups -OCH3 is 1. The summed E-state index contributed by atoms with van der Waals surface area (Å²) in [6.45, 7) is 0. The van der Waals surface area contributed by atoms with Crippen LogP contribution < -0.4 is 5.32 Å². The SMILES string of the molecule is COC(=O)[C@H](Cc1c2ccccc2cc2ccccc12)NC(=O)[C@H](O)c1ccc(C(F)(F)F)cc1. The first kappa shape index (κ1) is 24.2. The van der Waals surface area contributed by atoms with Crippen molar-refractivity contribution in [3.63, 3.8) is 0 Å². The molecule has 1 amide bonds. The highest BCUT2D eigenvalue weighted by Gasteiger charge is 2.31. The first-order valence-corrected chi connectivity index (χ1v) is 10.8. The van der Waals surface area contributed by atoms with Gasteiger partial charge in [0, 0.05) is 6.42 Å². The maximum atomic E-state index is 12.8. The Labute approximate surface area is 199 Å². The first-order chi connectivity index (χ1) is 16.7. The molecular formula is C27H22F3NO4. The molecule has 0 aliphatic carbocycles. The van der Waals surface area contributed by atoms with E-state index in [1.54, 1.807) is 0 Å². The number of hydrogen-bond donors (Lipinski definition) is 2. The van der Waals surface area contributed by atoms with Crippen molar-refractivity contribution in [2.24, 2.45) is 0 Å². The molecule has 0 fully saturated rings. The van der Waals surface area contributed by atoms with Crippen molar-refractivity contribution < 1.29 is 32.6 Å². The lowest BCUT2D eigenvalue weighted by molar-refractivity contribution is -0.146. The molecule has 2 atom stereocenters. The zero-order valence-electron chi connectivity index (χ0n) is 18.7. The van der Waals surface area contributed by atoms with Gasteiger partial charge in [-0.3, -0.25) is 4.79 Å². The van der Waals surface area contributed by atoms with Crippen LogP contribution in [0.2, 0.25) is 0 Å². The molecule has 0 unspecified atom stereocenters. The number of aliphatic hydroxyl groups excluding tert-OH is 1. The molecule has 0 aromatic heterocycles. The second-order valence-corrected chi connectivity index (χ2v) is 8.11. The Kier molecular flexibility index (Phi) is 6.75. The molecule has 4 aromatic rings. The van der Waals surface area contributed by atoms with Crippen LogP contribution in [-0.4, -0.2) is 30.1 Å². The van der Waals surface area contributed by atoms with Gasteiger partial charge in [-0.15, -0.1) is 0 Å². The van der Waals surface area contributed by atoms with Crippen LogP contribution in [-0.2, 0) is 26.9 Å². The molecule has 4 aromatic carbocycles. The summed E-state index contributed by atoms with van der Waals surface area (Å²) in [7, 11) is 1.19. The molecule has 0 saturated carbocycles. The van der Waals surface area contributed by atoms with Gasteiger partial charge >= 0.3 is 12.1 Å². The Balaban J connectivity index is 1.64. The smallest absolute Gasteiger partial charge is 0.416 e. The van der Waals surface area contributed by atoms with Crippen LogP contribution in [0, 0.1) is 0 Å². The van der Waals surface area contributed by atoms with Crippen molar-refractivity contribution in [1.82, 2.24) is 5.32 Å². The third-order valence-electron chi connectivity index (χ3n) is 5.90. The molecular weight excluding hydrogens is 459 g/mol. The summed E-state index contributed by atoms with van der Waals surface area (Å²) in [5.74, 6) is -1.64. The summed E-state index contributed by atoms with van der Waals surface area (Å²) in [6, 6.07) is 19.8. The lowest BCUT2D eigenvalue weighted by Crippen LogP contribution is -2.45. The minimum absolute atomic E-state index is 0.0327. The lowest BCUT2D eigenvalue weighted by Gasteiger charge is -2.21. The van der Waals surface area contributed by atoms with E-state index in [2.05, 4.69) is 5.32 Å². The van der Waals surface area contributed by atoms with E-state index in [-0.39, 0.29) is 12.0 Å². The number of hydrogen-bond acceptors (Lipinski definition) is 4. The van der Waals surface area contributed by atoms with E-state index in [1.165, 1.54) is 7.11 Å². The molecule has 0 radical (unpaired) electrons. The summed E-state index contributed by atoms with van der Waals surface area (Å²) in [6.07, 6.45) is -6.23. The summed E-state index contributed by atoms with van der Waals surface area (Å²) < 4.78 is 43.3. The zero-order chi connectivity index (χ0) is 25.2. The number of nitrogens with one attached hydrogen (secondary N) is 1. The molecule has 4 rings (SSSR count). The highest BCUT2D eigenvalue weighted by atomic mass is 19.4. The Morgan fingerprint density at radius 2 is 1.46 bits per heavy atom. The highest BCUT2D eigenvalue weighted by molar-refractivity contribution is 6.02. The van der Waals surface area contributed by atoms with Gasteiger partial charge in [0.1, 0.15) is 6.04 Å². The minimum atomic E-state index is -4.54. The van der Waals surface area contributed by atoms with Crippen LogP contribution in [0.25, 0.3) is 21.5 Å². The van der Waals surface area contributed by atoms with Crippen LogP contribution in [0.3, 0.4) is 0 Å². The van der Waals surface area contributed by atoms with Gasteiger partial charge in [0.05, 0.1) is 12.7 Å². The van der Waals surface area contributed by atoms with E-state index in [1.807, 2.05) is 54.6 Å². The number of esters is 1. The number of carbonyl (C=O) groups is 2. The van der Waals surface area contributed by atoms with Crippen molar-refractivity contribution in [1.29, 1.82) is 0 Å². The normalized spacial score (nSPS) is 13.4. The molecule has 0 bridgehead atoms. The molecule has 0 spiro atoms. The Bertz CT molecular complexity index is 1330. The average Bonchev–Trinajstić information content (AvgIpc) is 2.86. The number of amides is 1. The Hall–Kier alpha value is -3.91. The number of halogens is 3. The lowest BCUT2D eigenvalue weighted by atomic mass is 9.92. The third-order valence-corrected chi connectivity index (χ3v) is 5.90. The van der Waals surface area contributed by atoms with Gasteiger partial charge in [0.2, 0.25) is 0 Å². The van der Waals surface area contributed by atoms with E-state index < -0.39 is 35.8 Å². The van der Waals surface area contributed by atoms with Gasteiger partial charge in [-0.1, -0.05) is 60.7 Å². The molecule has 5 nitrogen and oxygen atoms in total. The van der Waals surface area contributed by atoms with E-state index in [0.717, 1.165) is 51.4 Å². The number of fused-ring (bicyclic) bond motifs is 2. The fourth-order valence-electron chi connectivity index (χ4n) is 4.12. The summed E-state index contributed by atoms with van der Waals surface area (Å²) >= 11 is 0. The van der Waals surface area contributed by atoms with Crippen LogP contribution in [0.5, 0.6) is 0 Å². The van der Waals surface area contributed by atoms with Gasteiger partial charge in [0.15, 0.2) is 6.10 Å². The number of alkyl halides is 3. The molecule has 0 saturated heterocycles. The minimum Gasteiger partial charge on any atom is -0.467 e. The molecule has 180 valence electrons. The molecule has 0 aliphatic rings. The number of benzene rings is 4. The van der Waals surface area contributed by atoms with Crippen molar-refractivity contribution in [3.05, 3.63) is 95.6 Å². The highest BCUT2D eigenvalue weighted by Crippen LogP contribution is 2.31. The fraction of sp³-hybridized carbons (Fsp3) is 0.185. The zero-order valence-corrected chi connectivity index (χ0v) is 18.7. The van der Waals surface area contributed by atoms with Gasteiger partial charge in [-0.05, 0) is 50.9 Å². The second-order valence-electron chi connectivity index (χ2n) is 8.11. The van der Waals surface area contributed by atoms with Crippen LogP contribution >= 0.6 is 0 Å². The van der Waals surface area contributed by atoms with Gasteiger partial charge in [-0.25, -0.2) is 4.79 Å². The van der Waals surface area contributed by atoms with Crippen molar-refractivity contribution >= 4 is 33.4 Å². The first-order valence-electron chi connectivity index (χ1n) is 10.8. The number of aliphatic hydroxyl groups is 1. The molecule has 0 heterocycles. The summed E-state index contributed by atoms with van der Waals surface area (Å²) in [5.41, 5.74) is -0.114. The number of ether oxygens (including phenoxy) is 1.